The number of pyridine rings is 1. The third-order valence-electron chi connectivity index (χ3n) is 6.86. The van der Waals surface area contributed by atoms with Crippen molar-refractivity contribution in [2.75, 3.05) is 0 Å². The zero-order chi connectivity index (χ0) is 22.0. The molecule has 0 unspecified atom stereocenters. The van der Waals surface area contributed by atoms with Crippen LogP contribution in [0.3, 0.4) is 0 Å². The Morgan fingerprint density at radius 1 is 1.16 bits per heavy atom. The van der Waals surface area contributed by atoms with Crippen LogP contribution in [0.1, 0.15) is 56.1 Å². The van der Waals surface area contributed by atoms with Crippen LogP contribution in [-0.2, 0) is 6.42 Å². The van der Waals surface area contributed by atoms with Gasteiger partial charge in [0.1, 0.15) is 5.82 Å². The van der Waals surface area contributed by atoms with Gasteiger partial charge in [0.15, 0.2) is 0 Å². The molecule has 1 atom stereocenters. The molecule has 0 radical (unpaired) electrons. The van der Waals surface area contributed by atoms with Gasteiger partial charge in [-0.25, -0.2) is 4.39 Å². The lowest BCUT2D eigenvalue weighted by Gasteiger charge is -2.33. The van der Waals surface area contributed by atoms with Gasteiger partial charge in [-0.15, -0.1) is 0 Å². The molecule has 0 amide bonds. The van der Waals surface area contributed by atoms with Crippen molar-refractivity contribution in [1.29, 1.82) is 0 Å². The van der Waals surface area contributed by atoms with Crippen LogP contribution < -0.4 is 0 Å². The van der Waals surface area contributed by atoms with Crippen molar-refractivity contribution in [1.82, 2.24) is 4.98 Å². The van der Waals surface area contributed by atoms with Crippen LogP contribution >= 0.6 is 11.6 Å². The lowest BCUT2D eigenvalue weighted by atomic mass is 9.72. The Morgan fingerprint density at radius 3 is 2.68 bits per heavy atom. The summed E-state index contributed by atoms with van der Waals surface area (Å²) < 4.78 is 13.8. The largest absolute Gasteiger partial charge is 0.272 e. The molecule has 1 heterocycles. The minimum absolute atomic E-state index is 0.150. The van der Waals surface area contributed by atoms with Crippen LogP contribution in [-0.4, -0.2) is 9.91 Å². The molecule has 1 aliphatic rings. The summed E-state index contributed by atoms with van der Waals surface area (Å²) in [6, 6.07) is 11.6. The molecular formula is C25H26ClFN2O2. The molecule has 4 rings (SSSR count). The highest BCUT2D eigenvalue weighted by molar-refractivity contribution is 6.30. The smallest absolute Gasteiger partial charge is 0.258 e. The van der Waals surface area contributed by atoms with Gasteiger partial charge in [-0.1, -0.05) is 18.5 Å². The van der Waals surface area contributed by atoms with E-state index in [9.17, 15) is 14.5 Å². The number of halogens is 2. The second kappa shape index (κ2) is 9.31. The van der Waals surface area contributed by atoms with E-state index in [-0.39, 0.29) is 16.4 Å². The lowest BCUT2D eigenvalue weighted by molar-refractivity contribution is -0.385. The van der Waals surface area contributed by atoms with Gasteiger partial charge in [-0.3, -0.25) is 15.1 Å². The van der Waals surface area contributed by atoms with E-state index in [1.165, 1.54) is 17.7 Å². The lowest BCUT2D eigenvalue weighted by Crippen LogP contribution is -2.20. The predicted octanol–water partition coefficient (Wildman–Crippen LogP) is 7.48. The third kappa shape index (κ3) is 4.87. The maximum atomic E-state index is 13.8. The fourth-order valence-corrected chi connectivity index (χ4v) is 5.24. The number of hydrogen-bond donors (Lipinski definition) is 0. The SMILES string of the molecule is C[C@@H](CCc1cc(Cl)ccc1[N+](=O)[O-])C1CCC(c2ccnc3ccc(F)cc23)CC1. The standard InChI is InChI=1S/C25H26ClFN2O2/c1-16(2-3-19-14-20(26)8-11-25(19)29(30)31)17-4-6-18(7-5-17)22-12-13-28-24-10-9-21(27)15-23(22)24/h8-18H,2-7H2,1H3/t16-,17?,18?/m0/s1. The summed E-state index contributed by atoms with van der Waals surface area (Å²) in [6.07, 6.45) is 7.75. The summed E-state index contributed by atoms with van der Waals surface area (Å²) in [5.41, 5.74) is 2.91. The van der Waals surface area contributed by atoms with Crippen LogP contribution in [0.2, 0.25) is 5.02 Å². The topological polar surface area (TPSA) is 56.0 Å². The first kappa shape index (κ1) is 21.7. The molecule has 0 spiro atoms. The van der Waals surface area contributed by atoms with Gasteiger partial charge < -0.3 is 0 Å². The fourth-order valence-electron chi connectivity index (χ4n) is 5.05. The maximum absolute atomic E-state index is 13.8. The van der Waals surface area contributed by atoms with Crippen molar-refractivity contribution in [2.24, 2.45) is 11.8 Å². The van der Waals surface area contributed by atoms with Crippen molar-refractivity contribution in [3.05, 3.63) is 80.7 Å². The molecular weight excluding hydrogens is 415 g/mol. The summed E-state index contributed by atoms with van der Waals surface area (Å²) in [5.74, 6) is 1.27. The van der Waals surface area contributed by atoms with E-state index in [2.05, 4.69) is 11.9 Å². The number of rotatable bonds is 6. The minimum Gasteiger partial charge on any atom is -0.258 e. The number of benzene rings is 2. The minimum atomic E-state index is -0.330. The summed E-state index contributed by atoms with van der Waals surface area (Å²) in [6.45, 7) is 2.25. The number of aryl methyl sites for hydroxylation is 1. The van der Waals surface area contributed by atoms with Gasteiger partial charge in [0, 0.05) is 28.2 Å². The average Bonchev–Trinajstić information content (AvgIpc) is 2.77. The van der Waals surface area contributed by atoms with Crippen molar-refractivity contribution >= 4 is 28.2 Å². The Morgan fingerprint density at radius 2 is 1.94 bits per heavy atom. The summed E-state index contributed by atoms with van der Waals surface area (Å²) in [7, 11) is 0. The van der Waals surface area contributed by atoms with Crippen molar-refractivity contribution < 1.29 is 9.31 Å². The Hall–Kier alpha value is -2.53. The van der Waals surface area contributed by atoms with E-state index in [1.54, 1.807) is 24.3 Å². The van der Waals surface area contributed by atoms with Crippen LogP contribution in [0.4, 0.5) is 10.1 Å². The van der Waals surface area contributed by atoms with Crippen LogP contribution in [0.25, 0.3) is 10.9 Å². The molecule has 1 aliphatic carbocycles. The Labute approximate surface area is 186 Å². The molecule has 162 valence electrons. The number of nitrogens with zero attached hydrogens (tertiary/aromatic N) is 2. The first-order valence-corrected chi connectivity index (χ1v) is 11.3. The second-order valence-corrected chi connectivity index (χ2v) is 9.16. The van der Waals surface area contributed by atoms with Crippen LogP contribution in [0, 0.1) is 27.8 Å². The van der Waals surface area contributed by atoms with Crippen LogP contribution in [0.15, 0.2) is 48.7 Å². The molecule has 0 aliphatic heterocycles. The number of aromatic nitrogens is 1. The second-order valence-electron chi connectivity index (χ2n) is 8.72. The Balaban J connectivity index is 1.39. The van der Waals surface area contributed by atoms with Gasteiger partial charge in [0.2, 0.25) is 0 Å². The van der Waals surface area contributed by atoms with Crippen LogP contribution in [0.5, 0.6) is 0 Å². The summed E-state index contributed by atoms with van der Waals surface area (Å²) in [4.78, 5) is 15.3. The molecule has 3 aromatic rings. The zero-order valence-electron chi connectivity index (χ0n) is 17.6. The zero-order valence-corrected chi connectivity index (χ0v) is 18.3. The van der Waals surface area contributed by atoms with Gasteiger partial charge in [0.05, 0.1) is 10.4 Å². The highest BCUT2D eigenvalue weighted by Crippen LogP contribution is 2.41. The van der Waals surface area contributed by atoms with Crippen molar-refractivity contribution in [2.45, 2.75) is 51.4 Å². The first-order valence-electron chi connectivity index (χ1n) is 10.9. The molecule has 0 N–H and O–H groups in total. The van der Waals surface area contributed by atoms with E-state index < -0.39 is 0 Å². The molecule has 1 saturated carbocycles. The average molecular weight is 441 g/mol. The first-order chi connectivity index (χ1) is 14.9. The molecule has 1 aromatic heterocycles. The predicted molar refractivity (Wildman–Crippen MR) is 122 cm³/mol. The Bertz CT molecular complexity index is 1100. The number of nitro groups is 1. The van der Waals surface area contributed by atoms with E-state index >= 15 is 0 Å². The molecule has 1 fully saturated rings. The quantitative estimate of drug-likeness (QED) is 0.295. The van der Waals surface area contributed by atoms with E-state index in [1.807, 2.05) is 12.3 Å². The molecule has 4 nitrogen and oxygen atoms in total. The molecule has 6 heteroatoms. The van der Waals surface area contributed by atoms with E-state index in [4.69, 9.17) is 11.6 Å². The molecule has 31 heavy (non-hydrogen) atoms. The third-order valence-corrected chi connectivity index (χ3v) is 7.10. The normalized spacial score (nSPS) is 20.0. The highest BCUT2D eigenvalue weighted by Gasteiger charge is 2.27. The van der Waals surface area contributed by atoms with Crippen molar-refractivity contribution in [3.63, 3.8) is 0 Å². The summed E-state index contributed by atoms with van der Waals surface area (Å²) in [5, 5.41) is 12.8. The molecule has 0 bridgehead atoms. The van der Waals surface area contributed by atoms with E-state index in [0.717, 1.165) is 43.0 Å². The van der Waals surface area contributed by atoms with E-state index in [0.29, 0.717) is 34.8 Å². The van der Waals surface area contributed by atoms with Gasteiger partial charge in [0.25, 0.3) is 5.69 Å². The number of fused-ring (bicyclic) bond motifs is 1. The van der Waals surface area contributed by atoms with Gasteiger partial charge >= 0.3 is 0 Å². The summed E-state index contributed by atoms with van der Waals surface area (Å²) >= 11 is 6.06. The Kier molecular flexibility index (Phi) is 6.51. The highest BCUT2D eigenvalue weighted by atomic mass is 35.5. The van der Waals surface area contributed by atoms with Gasteiger partial charge in [-0.2, -0.15) is 0 Å². The monoisotopic (exact) mass is 440 g/mol. The van der Waals surface area contributed by atoms with Gasteiger partial charge in [-0.05, 0) is 98.2 Å². The van der Waals surface area contributed by atoms with Crippen molar-refractivity contribution in [3.8, 4) is 0 Å². The maximum Gasteiger partial charge on any atom is 0.272 e. The fraction of sp³-hybridized carbons (Fsp3) is 0.400. The molecule has 2 aromatic carbocycles. The molecule has 0 saturated heterocycles. The number of hydrogen-bond acceptors (Lipinski definition) is 3. The number of nitro benzene ring substituents is 1.